The summed E-state index contributed by atoms with van der Waals surface area (Å²) < 4.78 is 20.0. The van der Waals surface area contributed by atoms with E-state index in [1.54, 1.807) is 54.6 Å². The molecule has 0 saturated carbocycles. The first-order valence-corrected chi connectivity index (χ1v) is 12.4. The van der Waals surface area contributed by atoms with Gasteiger partial charge < -0.3 is 9.52 Å². The van der Waals surface area contributed by atoms with Crippen LogP contribution in [0.1, 0.15) is 28.5 Å². The highest BCUT2D eigenvalue weighted by Crippen LogP contribution is 2.44. The van der Waals surface area contributed by atoms with E-state index in [0.29, 0.717) is 27.0 Å². The molecule has 4 aromatic rings. The summed E-state index contributed by atoms with van der Waals surface area (Å²) in [6.45, 7) is 1.91. The summed E-state index contributed by atoms with van der Waals surface area (Å²) in [6.07, 6.45) is 1.43. The molecular formula is C25H18FN3O4S2. The highest BCUT2D eigenvalue weighted by atomic mass is 32.2. The summed E-state index contributed by atoms with van der Waals surface area (Å²) in [6, 6.07) is 15.7. The van der Waals surface area contributed by atoms with Gasteiger partial charge in [-0.1, -0.05) is 71.1 Å². The summed E-state index contributed by atoms with van der Waals surface area (Å²) in [7, 11) is 0. The third-order valence-electron chi connectivity index (χ3n) is 5.49. The summed E-state index contributed by atoms with van der Waals surface area (Å²) in [5.41, 5.74) is 1.82. The van der Waals surface area contributed by atoms with Gasteiger partial charge in [-0.05, 0) is 30.7 Å². The molecule has 3 heterocycles. The topological polar surface area (TPSA) is 96.5 Å². The van der Waals surface area contributed by atoms with Crippen LogP contribution in [-0.2, 0) is 15.3 Å². The zero-order valence-corrected chi connectivity index (χ0v) is 20.0. The number of ketones is 1. The Balaban J connectivity index is 1.51. The van der Waals surface area contributed by atoms with Crippen molar-refractivity contribution < 1.29 is 23.5 Å². The Bertz CT molecular complexity index is 1430. The fourth-order valence-electron chi connectivity index (χ4n) is 3.73. The van der Waals surface area contributed by atoms with Gasteiger partial charge in [0.15, 0.2) is 4.34 Å². The number of furan rings is 1. The molecule has 0 aliphatic carbocycles. The number of benzene rings is 2. The summed E-state index contributed by atoms with van der Waals surface area (Å²) in [5.74, 6) is -1.68. The number of Topliss-reactive ketones (excluding diaryl/α,β-unsaturated/α-hetero) is 1. The number of hydrogen-bond acceptors (Lipinski definition) is 8. The molecule has 176 valence electrons. The lowest BCUT2D eigenvalue weighted by Crippen LogP contribution is -2.29. The molecule has 1 amide bonds. The highest BCUT2D eigenvalue weighted by Gasteiger charge is 2.49. The van der Waals surface area contributed by atoms with Crippen LogP contribution in [0.25, 0.3) is 5.76 Å². The summed E-state index contributed by atoms with van der Waals surface area (Å²) >= 11 is 2.37. The molecular weight excluding hydrogens is 489 g/mol. The number of hydrogen-bond donors (Lipinski definition) is 1. The molecule has 1 aliphatic rings. The van der Waals surface area contributed by atoms with E-state index in [9.17, 15) is 19.1 Å². The van der Waals surface area contributed by atoms with Crippen molar-refractivity contribution in [2.24, 2.45) is 0 Å². The Hall–Kier alpha value is -3.76. The molecule has 1 saturated heterocycles. The smallest absolute Gasteiger partial charge is 0.302 e. The van der Waals surface area contributed by atoms with Crippen LogP contribution < -0.4 is 4.90 Å². The van der Waals surface area contributed by atoms with Gasteiger partial charge in [0.25, 0.3) is 5.78 Å². The van der Waals surface area contributed by atoms with Crippen LogP contribution in [0.5, 0.6) is 0 Å². The van der Waals surface area contributed by atoms with E-state index < -0.39 is 17.7 Å². The molecule has 1 fully saturated rings. The Morgan fingerprint density at radius 2 is 1.89 bits per heavy atom. The van der Waals surface area contributed by atoms with Gasteiger partial charge in [-0.3, -0.25) is 14.5 Å². The van der Waals surface area contributed by atoms with Crippen molar-refractivity contribution in [3.8, 4) is 0 Å². The number of carbonyl (C=O) groups excluding carboxylic acids is 2. The number of rotatable bonds is 6. The molecule has 2 aromatic heterocycles. The lowest BCUT2D eigenvalue weighted by Gasteiger charge is -2.20. The zero-order valence-electron chi connectivity index (χ0n) is 18.3. The van der Waals surface area contributed by atoms with Crippen molar-refractivity contribution in [1.29, 1.82) is 0 Å². The maximum Gasteiger partial charge on any atom is 0.302 e. The van der Waals surface area contributed by atoms with Crippen LogP contribution in [-0.4, -0.2) is 27.0 Å². The predicted octanol–water partition coefficient (Wildman–Crippen LogP) is 5.50. The number of aliphatic hydroxyl groups is 1. The van der Waals surface area contributed by atoms with Crippen LogP contribution in [0.4, 0.5) is 9.52 Å². The van der Waals surface area contributed by atoms with E-state index in [1.807, 2.05) is 6.92 Å². The van der Waals surface area contributed by atoms with Crippen LogP contribution >= 0.6 is 23.1 Å². The lowest BCUT2D eigenvalue weighted by atomic mass is 9.99. The van der Waals surface area contributed by atoms with Crippen LogP contribution in [0, 0.1) is 12.7 Å². The molecule has 1 unspecified atom stereocenters. The highest BCUT2D eigenvalue weighted by molar-refractivity contribution is 8.00. The second-order valence-corrected chi connectivity index (χ2v) is 9.96. The average molecular weight is 508 g/mol. The molecule has 7 nitrogen and oxygen atoms in total. The van der Waals surface area contributed by atoms with E-state index in [0.717, 1.165) is 16.9 Å². The number of amides is 1. The third-order valence-corrected chi connectivity index (χ3v) is 7.60. The van der Waals surface area contributed by atoms with Gasteiger partial charge in [0.1, 0.15) is 23.4 Å². The van der Waals surface area contributed by atoms with E-state index in [2.05, 4.69) is 10.2 Å². The molecule has 0 bridgehead atoms. The minimum Gasteiger partial charge on any atom is -0.507 e. The van der Waals surface area contributed by atoms with Gasteiger partial charge >= 0.3 is 5.91 Å². The molecule has 1 N–H and O–H groups in total. The number of anilines is 1. The number of aliphatic hydroxyl groups excluding tert-OH is 1. The number of halogens is 1. The van der Waals surface area contributed by atoms with Gasteiger partial charge in [-0.25, -0.2) is 4.39 Å². The largest absolute Gasteiger partial charge is 0.507 e. The predicted molar refractivity (Wildman–Crippen MR) is 131 cm³/mol. The van der Waals surface area contributed by atoms with Gasteiger partial charge in [-0.2, -0.15) is 0 Å². The lowest BCUT2D eigenvalue weighted by molar-refractivity contribution is -0.132. The standard InChI is InChI=1S/C25H18FN3O4S2/c1-14-8-10-15(11-9-14)21(30)19-20(18-7-4-12-33-18)29(23(32)22(19)31)24-27-28-25(35-24)34-13-16-5-2-3-6-17(16)26/h2-12,20,30H,13H2,1H3/b21-19-. The first-order valence-electron chi connectivity index (χ1n) is 10.5. The second-order valence-electron chi connectivity index (χ2n) is 7.78. The Labute approximate surface area is 207 Å². The first kappa shape index (κ1) is 23.0. The van der Waals surface area contributed by atoms with Gasteiger partial charge in [0.2, 0.25) is 5.13 Å². The fourth-order valence-corrected chi connectivity index (χ4v) is 5.58. The van der Waals surface area contributed by atoms with Gasteiger partial charge in [-0.15, -0.1) is 10.2 Å². The molecule has 10 heteroatoms. The van der Waals surface area contributed by atoms with Crippen molar-refractivity contribution in [2.75, 3.05) is 4.90 Å². The molecule has 0 spiro atoms. The number of nitrogens with zero attached hydrogens (tertiary/aromatic N) is 3. The van der Waals surface area contributed by atoms with Crippen LogP contribution in [0.15, 0.2) is 81.3 Å². The zero-order chi connectivity index (χ0) is 24.5. The van der Waals surface area contributed by atoms with Gasteiger partial charge in [0.05, 0.1) is 11.8 Å². The average Bonchev–Trinajstić information content (AvgIpc) is 3.60. The minimum absolute atomic E-state index is 0.0930. The van der Waals surface area contributed by atoms with Crippen molar-refractivity contribution in [3.63, 3.8) is 0 Å². The molecule has 5 rings (SSSR count). The van der Waals surface area contributed by atoms with E-state index in [4.69, 9.17) is 4.42 Å². The summed E-state index contributed by atoms with van der Waals surface area (Å²) in [5, 5.41) is 19.4. The number of carbonyl (C=O) groups is 2. The molecule has 0 radical (unpaired) electrons. The normalized spacial score (nSPS) is 17.3. The Morgan fingerprint density at radius 1 is 1.11 bits per heavy atom. The molecule has 2 aromatic carbocycles. The van der Waals surface area contributed by atoms with Crippen LogP contribution in [0.3, 0.4) is 0 Å². The number of aromatic nitrogens is 2. The van der Waals surface area contributed by atoms with Crippen molar-refractivity contribution >= 4 is 45.7 Å². The fraction of sp³-hybridized carbons (Fsp3) is 0.120. The van der Waals surface area contributed by atoms with E-state index >= 15 is 0 Å². The van der Waals surface area contributed by atoms with Crippen molar-refractivity contribution in [3.05, 3.63) is 101 Å². The first-order chi connectivity index (χ1) is 16.9. The minimum atomic E-state index is -1.01. The van der Waals surface area contributed by atoms with Crippen molar-refractivity contribution in [1.82, 2.24) is 10.2 Å². The summed E-state index contributed by atoms with van der Waals surface area (Å²) in [4.78, 5) is 27.4. The Morgan fingerprint density at radius 3 is 2.60 bits per heavy atom. The number of thioether (sulfide) groups is 1. The van der Waals surface area contributed by atoms with Gasteiger partial charge in [0, 0.05) is 11.3 Å². The molecule has 1 atom stereocenters. The Kier molecular flexibility index (Phi) is 6.23. The van der Waals surface area contributed by atoms with Crippen molar-refractivity contribution in [2.45, 2.75) is 23.1 Å². The third kappa shape index (κ3) is 4.38. The molecule has 35 heavy (non-hydrogen) atoms. The monoisotopic (exact) mass is 507 g/mol. The quantitative estimate of drug-likeness (QED) is 0.121. The van der Waals surface area contributed by atoms with E-state index in [-0.39, 0.29) is 22.3 Å². The second kappa shape index (κ2) is 9.47. The SMILES string of the molecule is Cc1ccc(/C(O)=C2/C(=O)C(=O)N(c3nnc(SCc4ccccc4F)s3)C2c2ccco2)cc1. The van der Waals surface area contributed by atoms with Crippen LogP contribution in [0.2, 0.25) is 0 Å². The molecule has 1 aliphatic heterocycles. The maximum atomic E-state index is 14.0. The number of aryl methyl sites for hydroxylation is 1. The maximum absolute atomic E-state index is 14.0. The van der Waals surface area contributed by atoms with E-state index in [1.165, 1.54) is 29.0 Å².